The predicted octanol–water partition coefficient (Wildman–Crippen LogP) is 3.61. The molecule has 2 aromatic carbocycles. The van der Waals surface area contributed by atoms with Gasteiger partial charge in [-0.2, -0.15) is 0 Å². The van der Waals surface area contributed by atoms with E-state index in [9.17, 15) is 4.79 Å². The van der Waals surface area contributed by atoms with Crippen LogP contribution in [0.5, 0.6) is 0 Å². The molecule has 0 saturated carbocycles. The minimum Gasteiger partial charge on any atom is -0.456 e. The van der Waals surface area contributed by atoms with E-state index in [-0.39, 0.29) is 11.7 Å². The summed E-state index contributed by atoms with van der Waals surface area (Å²) in [6.45, 7) is 3.19. The quantitative estimate of drug-likeness (QED) is 0.717. The number of likely N-dealkylation sites (tertiary alicyclic amines) is 1. The summed E-state index contributed by atoms with van der Waals surface area (Å²) in [5.41, 5.74) is 2.73. The second-order valence-corrected chi connectivity index (χ2v) is 7.26. The second-order valence-electron chi connectivity index (χ2n) is 7.26. The Balaban J connectivity index is 1.44. The second kappa shape index (κ2) is 5.23. The summed E-state index contributed by atoms with van der Waals surface area (Å²) in [6, 6.07) is 14.5. The van der Waals surface area contributed by atoms with Crippen molar-refractivity contribution in [3.05, 3.63) is 48.0 Å². The summed E-state index contributed by atoms with van der Waals surface area (Å²) in [6.07, 6.45) is 0.681. The number of ether oxygens (including phenoxy) is 1. The molecule has 0 N–H and O–H groups in total. The molecular weight excluding hydrogens is 316 g/mol. The largest absolute Gasteiger partial charge is 0.456 e. The van der Waals surface area contributed by atoms with Crippen molar-refractivity contribution in [1.29, 1.82) is 0 Å². The number of fused-ring (bicyclic) bond motifs is 3. The van der Waals surface area contributed by atoms with Gasteiger partial charge < -0.3 is 14.1 Å². The zero-order valence-corrected chi connectivity index (χ0v) is 14.2. The summed E-state index contributed by atoms with van der Waals surface area (Å²) >= 11 is 0. The van der Waals surface area contributed by atoms with E-state index >= 15 is 0 Å². The maximum Gasteiger partial charge on any atom is 0.410 e. The molecule has 1 amide bonds. The number of hydrogen-bond donors (Lipinski definition) is 0. The number of amides is 1. The van der Waals surface area contributed by atoms with Gasteiger partial charge in [-0.15, -0.1) is 0 Å². The predicted molar refractivity (Wildman–Crippen MR) is 95.5 cm³/mol. The maximum absolute atomic E-state index is 11.7. The van der Waals surface area contributed by atoms with Crippen LogP contribution >= 0.6 is 0 Å². The average Bonchev–Trinajstić information content (AvgIpc) is 3.25. The first-order valence-corrected chi connectivity index (χ1v) is 8.69. The first-order chi connectivity index (χ1) is 12.1. The molecule has 2 saturated heterocycles. The number of carbonyl (C=O) groups is 1. The zero-order valence-electron chi connectivity index (χ0n) is 14.2. The van der Waals surface area contributed by atoms with Crippen molar-refractivity contribution in [2.75, 3.05) is 26.7 Å². The summed E-state index contributed by atoms with van der Waals surface area (Å²) < 4.78 is 11.8. The third kappa shape index (κ3) is 2.30. The third-order valence-corrected chi connectivity index (χ3v) is 5.42. The van der Waals surface area contributed by atoms with Gasteiger partial charge in [0.1, 0.15) is 16.8 Å². The standard InChI is InChI=1S/C20H20N2O3/c1-21-12-20(25-19(21)23)9-10-22(13-20)11-14-5-4-7-16-15-6-2-3-8-17(15)24-18(14)16/h2-8H,9-13H2,1H3/t20-/m1/s1. The van der Waals surface area contributed by atoms with E-state index in [1.165, 1.54) is 5.56 Å². The van der Waals surface area contributed by atoms with E-state index in [0.717, 1.165) is 48.0 Å². The highest BCUT2D eigenvalue weighted by molar-refractivity contribution is 6.05. The first-order valence-electron chi connectivity index (χ1n) is 8.69. The van der Waals surface area contributed by atoms with Crippen LogP contribution in [0.3, 0.4) is 0 Å². The lowest BCUT2D eigenvalue weighted by Crippen LogP contribution is -2.37. The Hall–Kier alpha value is -2.53. The van der Waals surface area contributed by atoms with E-state index < -0.39 is 0 Å². The van der Waals surface area contributed by atoms with Gasteiger partial charge in [0.25, 0.3) is 0 Å². The first kappa shape index (κ1) is 14.8. The number of likely N-dealkylation sites (N-methyl/N-ethyl adjacent to an activating group) is 1. The summed E-state index contributed by atoms with van der Waals surface area (Å²) in [7, 11) is 1.80. The fourth-order valence-corrected chi connectivity index (χ4v) is 4.24. The Kier molecular flexibility index (Phi) is 3.09. The van der Waals surface area contributed by atoms with Gasteiger partial charge in [0.15, 0.2) is 0 Å². The van der Waals surface area contributed by atoms with Gasteiger partial charge in [0, 0.05) is 49.4 Å². The van der Waals surface area contributed by atoms with Crippen LogP contribution in [0.15, 0.2) is 46.9 Å². The number of hydrogen-bond acceptors (Lipinski definition) is 4. The lowest BCUT2D eigenvalue weighted by atomic mass is 10.0. The van der Waals surface area contributed by atoms with Crippen LogP contribution in [0.1, 0.15) is 12.0 Å². The van der Waals surface area contributed by atoms with Gasteiger partial charge in [-0.05, 0) is 6.07 Å². The summed E-state index contributed by atoms with van der Waals surface area (Å²) in [5.74, 6) is 0. The van der Waals surface area contributed by atoms with Crippen molar-refractivity contribution in [3.8, 4) is 0 Å². The minimum atomic E-state index is -0.340. The topological polar surface area (TPSA) is 45.9 Å². The number of carbonyl (C=O) groups excluding carboxylic acids is 1. The monoisotopic (exact) mass is 336 g/mol. The Bertz CT molecular complexity index is 979. The molecule has 0 unspecified atom stereocenters. The summed E-state index contributed by atoms with van der Waals surface area (Å²) in [4.78, 5) is 15.8. The number of furan rings is 1. The molecule has 5 rings (SSSR count). The molecule has 0 radical (unpaired) electrons. The normalized spacial score (nSPS) is 24.0. The molecule has 3 aromatic rings. The Morgan fingerprint density at radius 2 is 1.92 bits per heavy atom. The molecule has 1 atom stereocenters. The van der Waals surface area contributed by atoms with Crippen LogP contribution < -0.4 is 0 Å². The van der Waals surface area contributed by atoms with E-state index in [1.807, 2.05) is 18.2 Å². The van der Waals surface area contributed by atoms with Crippen molar-refractivity contribution < 1.29 is 13.9 Å². The Morgan fingerprint density at radius 3 is 2.76 bits per heavy atom. The third-order valence-electron chi connectivity index (χ3n) is 5.42. The molecule has 0 bridgehead atoms. The van der Waals surface area contributed by atoms with Crippen molar-refractivity contribution in [1.82, 2.24) is 9.80 Å². The van der Waals surface area contributed by atoms with Gasteiger partial charge in [0.2, 0.25) is 0 Å². The SMILES string of the molecule is CN1C[C@@]2(CCN(Cc3cccc4c3oc3ccccc34)C2)OC1=O. The highest BCUT2D eigenvalue weighted by atomic mass is 16.6. The van der Waals surface area contributed by atoms with Crippen molar-refractivity contribution in [3.63, 3.8) is 0 Å². The lowest BCUT2D eigenvalue weighted by molar-refractivity contribution is 0.0627. The highest BCUT2D eigenvalue weighted by Crippen LogP contribution is 2.35. The van der Waals surface area contributed by atoms with Crippen molar-refractivity contribution in [2.45, 2.75) is 18.6 Å². The summed E-state index contributed by atoms with van der Waals surface area (Å²) in [5, 5.41) is 2.32. The van der Waals surface area contributed by atoms with Crippen molar-refractivity contribution >= 4 is 28.0 Å². The van der Waals surface area contributed by atoms with E-state index in [4.69, 9.17) is 9.15 Å². The fraction of sp³-hybridized carbons (Fsp3) is 0.350. The molecule has 2 fully saturated rings. The molecule has 0 aliphatic carbocycles. The Morgan fingerprint density at radius 1 is 1.08 bits per heavy atom. The van der Waals surface area contributed by atoms with Gasteiger partial charge in [-0.1, -0.05) is 36.4 Å². The van der Waals surface area contributed by atoms with Crippen molar-refractivity contribution in [2.24, 2.45) is 0 Å². The number of nitrogens with zero attached hydrogens (tertiary/aromatic N) is 2. The minimum absolute atomic E-state index is 0.207. The Labute approximate surface area is 145 Å². The zero-order chi connectivity index (χ0) is 17.0. The number of rotatable bonds is 2. The smallest absolute Gasteiger partial charge is 0.410 e. The molecule has 2 aliphatic rings. The molecule has 5 heteroatoms. The van der Waals surface area contributed by atoms with Gasteiger partial charge in [-0.3, -0.25) is 4.90 Å². The highest BCUT2D eigenvalue weighted by Gasteiger charge is 2.48. The molecule has 3 heterocycles. The maximum atomic E-state index is 11.7. The molecule has 25 heavy (non-hydrogen) atoms. The van der Waals surface area contributed by atoms with Crippen LogP contribution in [0, 0.1) is 0 Å². The number of benzene rings is 2. The molecule has 1 aromatic heterocycles. The van der Waals surface area contributed by atoms with Crippen LogP contribution in [-0.4, -0.2) is 48.2 Å². The molecule has 128 valence electrons. The van der Waals surface area contributed by atoms with Crippen LogP contribution in [-0.2, 0) is 11.3 Å². The van der Waals surface area contributed by atoms with E-state index in [0.29, 0.717) is 6.54 Å². The van der Waals surface area contributed by atoms with Gasteiger partial charge in [-0.25, -0.2) is 4.79 Å². The molecule has 2 aliphatic heterocycles. The fourth-order valence-electron chi connectivity index (χ4n) is 4.24. The molecular formula is C20H20N2O3. The average molecular weight is 336 g/mol. The lowest BCUT2D eigenvalue weighted by Gasteiger charge is -2.21. The van der Waals surface area contributed by atoms with E-state index in [1.54, 1.807) is 11.9 Å². The van der Waals surface area contributed by atoms with Crippen LogP contribution in [0.4, 0.5) is 4.79 Å². The van der Waals surface area contributed by atoms with Crippen LogP contribution in [0.2, 0.25) is 0 Å². The molecule has 5 nitrogen and oxygen atoms in total. The van der Waals surface area contributed by atoms with E-state index in [2.05, 4.69) is 29.2 Å². The number of para-hydroxylation sites is 2. The van der Waals surface area contributed by atoms with Gasteiger partial charge >= 0.3 is 6.09 Å². The molecule has 1 spiro atoms. The van der Waals surface area contributed by atoms with Crippen LogP contribution in [0.25, 0.3) is 21.9 Å². The van der Waals surface area contributed by atoms with Gasteiger partial charge in [0.05, 0.1) is 6.54 Å².